The molecule has 3 aromatic rings. The zero-order valence-corrected chi connectivity index (χ0v) is 29.7. The predicted octanol–water partition coefficient (Wildman–Crippen LogP) is 6.27. The van der Waals surface area contributed by atoms with Crippen LogP contribution in [0.3, 0.4) is 0 Å². The molecule has 0 saturated carbocycles. The monoisotopic (exact) mass is 673 g/mol. The summed E-state index contributed by atoms with van der Waals surface area (Å²) in [5.41, 5.74) is 0.400. The molecule has 0 aliphatic rings. The van der Waals surface area contributed by atoms with Gasteiger partial charge in [0.15, 0.2) is 0 Å². The molecule has 0 aliphatic carbocycles. The Balaban J connectivity index is 2.09. The Hall–Kier alpha value is -4.86. The van der Waals surface area contributed by atoms with Crippen LogP contribution in [0, 0.1) is 0 Å². The van der Waals surface area contributed by atoms with E-state index in [0.717, 1.165) is 11.1 Å². The van der Waals surface area contributed by atoms with Gasteiger partial charge in [0.2, 0.25) is 11.8 Å². The van der Waals surface area contributed by atoms with Crippen molar-refractivity contribution in [3.05, 3.63) is 102 Å². The minimum Gasteiger partial charge on any atom is -0.508 e. The molecule has 0 radical (unpaired) electrons. The number of phenolic OH excluding ortho intramolecular Hbond substituents is 1. The van der Waals surface area contributed by atoms with Gasteiger partial charge in [-0.05, 0) is 76.8 Å². The summed E-state index contributed by atoms with van der Waals surface area (Å²) in [6.07, 6.45) is 0.794. The summed E-state index contributed by atoms with van der Waals surface area (Å²) in [7, 11) is 0. The number of nitrogens with zero attached hydrogens (tertiary/aromatic N) is 1. The van der Waals surface area contributed by atoms with Gasteiger partial charge >= 0.3 is 12.1 Å². The maximum atomic E-state index is 14.7. The lowest BCUT2D eigenvalue weighted by Crippen LogP contribution is -2.55. The molecule has 3 aromatic carbocycles. The minimum atomic E-state index is -1.22. The smallest absolute Gasteiger partial charge is 0.408 e. The fourth-order valence-corrected chi connectivity index (χ4v) is 5.19. The minimum absolute atomic E-state index is 0.0152. The standard InChI is InChI=1S/C39H51N3O7/c1-8-9-24-42(35(45)31(25-27-16-12-10-13-17-27)41-37(47)49-39(5,6)7)33(29-20-22-30(43)23-21-29)34(44)40-32(36(46)48-38(2,3)4)26-28-18-14-11-15-19-28/h10-23,31-33,43H,8-9,24-26H2,1-7H3,(H,40,44)(H,41,47). The molecule has 3 N–H and O–H groups in total. The van der Waals surface area contributed by atoms with E-state index in [1.807, 2.05) is 67.6 Å². The molecule has 3 atom stereocenters. The molecule has 0 heterocycles. The van der Waals surface area contributed by atoms with Crippen molar-refractivity contribution in [1.29, 1.82) is 0 Å². The lowest BCUT2D eigenvalue weighted by Gasteiger charge is -2.35. The van der Waals surface area contributed by atoms with Crippen LogP contribution in [0.1, 0.15) is 84.0 Å². The zero-order chi connectivity index (χ0) is 36.2. The molecular weight excluding hydrogens is 622 g/mol. The average molecular weight is 674 g/mol. The molecule has 49 heavy (non-hydrogen) atoms. The first-order valence-corrected chi connectivity index (χ1v) is 16.8. The molecule has 10 heteroatoms. The molecule has 3 unspecified atom stereocenters. The highest BCUT2D eigenvalue weighted by Crippen LogP contribution is 2.26. The molecule has 10 nitrogen and oxygen atoms in total. The topological polar surface area (TPSA) is 134 Å². The number of ether oxygens (including phenoxy) is 2. The van der Waals surface area contributed by atoms with Crippen molar-refractivity contribution in [1.82, 2.24) is 15.5 Å². The largest absolute Gasteiger partial charge is 0.508 e. The normalized spacial score (nSPS) is 13.4. The molecule has 3 amide bonds. The van der Waals surface area contributed by atoms with Crippen LogP contribution in [-0.4, -0.2) is 63.7 Å². The highest BCUT2D eigenvalue weighted by Gasteiger charge is 2.38. The van der Waals surface area contributed by atoms with E-state index in [4.69, 9.17) is 9.47 Å². The number of aromatic hydroxyl groups is 1. The Labute approximate surface area is 290 Å². The van der Waals surface area contributed by atoms with E-state index in [9.17, 15) is 24.3 Å². The Kier molecular flexibility index (Phi) is 13.8. The first kappa shape index (κ1) is 38.6. The number of amides is 3. The summed E-state index contributed by atoms with van der Waals surface area (Å²) >= 11 is 0. The second-order valence-corrected chi connectivity index (χ2v) is 14.1. The average Bonchev–Trinajstić information content (AvgIpc) is 3.02. The highest BCUT2D eigenvalue weighted by molar-refractivity contribution is 5.94. The van der Waals surface area contributed by atoms with Crippen molar-refractivity contribution < 1.29 is 33.8 Å². The predicted molar refractivity (Wildman–Crippen MR) is 189 cm³/mol. The van der Waals surface area contributed by atoms with Gasteiger partial charge in [0.1, 0.15) is 35.1 Å². The second kappa shape index (κ2) is 17.5. The van der Waals surface area contributed by atoms with Crippen LogP contribution in [0.4, 0.5) is 4.79 Å². The van der Waals surface area contributed by atoms with Crippen LogP contribution in [-0.2, 0) is 36.7 Å². The lowest BCUT2D eigenvalue weighted by atomic mass is 9.98. The van der Waals surface area contributed by atoms with Crippen molar-refractivity contribution in [2.75, 3.05) is 6.54 Å². The zero-order valence-electron chi connectivity index (χ0n) is 29.7. The van der Waals surface area contributed by atoms with E-state index in [1.165, 1.54) is 17.0 Å². The second-order valence-electron chi connectivity index (χ2n) is 14.1. The molecule has 264 valence electrons. The first-order valence-electron chi connectivity index (χ1n) is 16.8. The quantitative estimate of drug-likeness (QED) is 0.172. The lowest BCUT2D eigenvalue weighted by molar-refractivity contribution is -0.159. The maximum absolute atomic E-state index is 14.7. The number of rotatable bonds is 14. The molecule has 0 aliphatic heterocycles. The Morgan fingerprint density at radius 1 is 0.714 bits per heavy atom. The number of hydrogen-bond acceptors (Lipinski definition) is 7. The van der Waals surface area contributed by atoms with Crippen LogP contribution >= 0.6 is 0 Å². The van der Waals surface area contributed by atoms with Crippen molar-refractivity contribution in [2.24, 2.45) is 0 Å². The van der Waals surface area contributed by atoms with Crippen molar-refractivity contribution in [3.8, 4) is 5.75 Å². The summed E-state index contributed by atoms with van der Waals surface area (Å²) in [5, 5.41) is 15.7. The molecule has 0 fully saturated rings. The van der Waals surface area contributed by atoms with E-state index in [1.54, 1.807) is 53.7 Å². The third-order valence-corrected chi connectivity index (χ3v) is 7.37. The van der Waals surface area contributed by atoms with Gasteiger partial charge in [0, 0.05) is 19.4 Å². The van der Waals surface area contributed by atoms with Gasteiger partial charge in [0.05, 0.1) is 0 Å². The fourth-order valence-electron chi connectivity index (χ4n) is 5.19. The van der Waals surface area contributed by atoms with Gasteiger partial charge < -0.3 is 30.1 Å². The number of alkyl carbamates (subject to hydrolysis) is 1. The number of phenols is 1. The number of carbonyl (C=O) groups excluding carboxylic acids is 4. The van der Waals surface area contributed by atoms with Gasteiger partial charge in [0.25, 0.3) is 0 Å². The molecule has 0 bridgehead atoms. The van der Waals surface area contributed by atoms with Gasteiger partial charge in [-0.3, -0.25) is 9.59 Å². The van der Waals surface area contributed by atoms with Gasteiger partial charge in [-0.15, -0.1) is 0 Å². The van der Waals surface area contributed by atoms with E-state index in [0.29, 0.717) is 18.4 Å². The molecule has 0 saturated heterocycles. The molecule has 0 aromatic heterocycles. The van der Waals surface area contributed by atoms with Crippen molar-refractivity contribution in [3.63, 3.8) is 0 Å². The summed E-state index contributed by atoms with van der Waals surface area (Å²) in [6, 6.07) is 21.1. The number of carbonyl (C=O) groups is 4. The summed E-state index contributed by atoms with van der Waals surface area (Å²) < 4.78 is 11.2. The Bertz CT molecular complexity index is 1510. The van der Waals surface area contributed by atoms with Crippen LogP contribution < -0.4 is 10.6 Å². The fraction of sp³-hybridized carbons (Fsp3) is 0.436. The summed E-state index contributed by atoms with van der Waals surface area (Å²) in [6.45, 7) is 12.6. The molecule has 0 spiro atoms. The number of nitrogens with one attached hydrogen (secondary N) is 2. The van der Waals surface area contributed by atoms with Crippen molar-refractivity contribution in [2.45, 2.75) is 103 Å². The van der Waals surface area contributed by atoms with E-state index in [2.05, 4.69) is 10.6 Å². The maximum Gasteiger partial charge on any atom is 0.408 e. The van der Waals surface area contributed by atoms with Gasteiger partial charge in [-0.2, -0.15) is 0 Å². The summed E-state index contributed by atoms with van der Waals surface area (Å²) in [5.74, 6) is -1.75. The van der Waals surface area contributed by atoms with Crippen LogP contribution in [0.15, 0.2) is 84.9 Å². The van der Waals surface area contributed by atoms with E-state index < -0.39 is 53.2 Å². The Morgan fingerprint density at radius 3 is 1.71 bits per heavy atom. The number of benzene rings is 3. The SMILES string of the molecule is CCCCN(C(=O)C(Cc1ccccc1)NC(=O)OC(C)(C)C)C(C(=O)NC(Cc1ccccc1)C(=O)OC(C)(C)C)c1ccc(O)cc1. The van der Waals surface area contributed by atoms with Crippen LogP contribution in [0.5, 0.6) is 5.75 Å². The highest BCUT2D eigenvalue weighted by atomic mass is 16.6. The molecule has 3 rings (SSSR count). The third-order valence-electron chi connectivity index (χ3n) is 7.37. The van der Waals surface area contributed by atoms with E-state index >= 15 is 0 Å². The molecular formula is C39H51N3O7. The van der Waals surface area contributed by atoms with Crippen LogP contribution in [0.2, 0.25) is 0 Å². The van der Waals surface area contributed by atoms with Gasteiger partial charge in [-0.1, -0.05) is 86.1 Å². The first-order chi connectivity index (χ1) is 23.1. The van der Waals surface area contributed by atoms with Crippen LogP contribution in [0.25, 0.3) is 0 Å². The summed E-state index contributed by atoms with van der Waals surface area (Å²) in [4.78, 5) is 57.2. The number of hydrogen-bond donors (Lipinski definition) is 3. The third kappa shape index (κ3) is 12.9. The Morgan fingerprint density at radius 2 is 1.22 bits per heavy atom. The number of esters is 1. The van der Waals surface area contributed by atoms with Gasteiger partial charge in [-0.25, -0.2) is 9.59 Å². The van der Waals surface area contributed by atoms with Crippen molar-refractivity contribution >= 4 is 23.9 Å². The van der Waals surface area contributed by atoms with E-state index in [-0.39, 0.29) is 25.1 Å². The number of unbranched alkanes of at least 4 members (excludes halogenated alkanes) is 1.